The summed E-state index contributed by atoms with van der Waals surface area (Å²) in [5.74, 6) is -2.29. The Kier molecular flexibility index (Phi) is 8.64. The van der Waals surface area contributed by atoms with Crippen LogP contribution in [-0.2, 0) is 54.8 Å². The van der Waals surface area contributed by atoms with Gasteiger partial charge in [0.15, 0.2) is 15.6 Å². The maximum absolute atomic E-state index is 12.4. The molecule has 0 heterocycles. The predicted molar refractivity (Wildman–Crippen MR) is 135 cm³/mol. The summed E-state index contributed by atoms with van der Waals surface area (Å²) in [7, 11) is -24.7. The number of sulfone groups is 1. The zero-order chi connectivity index (χ0) is 31.2. The number of hydrogen-bond acceptors (Lipinski definition) is 14. The molecule has 0 saturated heterocycles. The predicted octanol–water partition coefficient (Wildman–Crippen LogP) is 1.29. The number of phenols is 1. The van der Waals surface area contributed by atoms with Crippen LogP contribution in [0.15, 0.2) is 72.3 Å². The molecule has 0 saturated carbocycles. The fraction of sp³-hybridized carbons (Fsp3) is 0.111. The number of rotatable bonds is 10. The van der Waals surface area contributed by atoms with Gasteiger partial charge in [-0.15, -0.1) is 10.2 Å². The quantitative estimate of drug-likeness (QED) is 0.149. The third-order valence-corrected chi connectivity index (χ3v) is 9.75. The van der Waals surface area contributed by atoms with E-state index in [1.54, 1.807) is 0 Å². The Morgan fingerprint density at radius 1 is 0.659 bits per heavy atom. The van der Waals surface area contributed by atoms with Crippen molar-refractivity contribution in [3.8, 4) is 5.75 Å². The van der Waals surface area contributed by atoms with Crippen LogP contribution in [-0.4, -0.2) is 77.8 Å². The van der Waals surface area contributed by atoms with Crippen molar-refractivity contribution < 1.29 is 69.6 Å². The summed E-state index contributed by atoms with van der Waals surface area (Å²) in [6.07, 6.45) is 0. The number of azo groups is 1. The maximum atomic E-state index is 12.4. The lowest BCUT2D eigenvalue weighted by Crippen LogP contribution is -2.16. The second-order valence-electron chi connectivity index (χ2n) is 7.78. The van der Waals surface area contributed by atoms with E-state index in [-0.39, 0.29) is 10.8 Å². The van der Waals surface area contributed by atoms with Gasteiger partial charge in [0.25, 0.3) is 30.4 Å². The Bertz CT molecular complexity index is 2140. The summed E-state index contributed by atoms with van der Waals surface area (Å²) in [6, 6.07) is 5.07. The Balaban J connectivity index is 2.20. The van der Waals surface area contributed by atoms with Gasteiger partial charge < -0.3 is 5.11 Å². The highest BCUT2D eigenvalue weighted by atomic mass is 32.3. The average molecular weight is 677 g/mol. The molecule has 0 bridgehead atoms. The number of phenolic OH excluding ortho intramolecular Hbond substituents is 1. The third-order valence-electron chi connectivity index (χ3n) is 5.01. The zero-order valence-electron chi connectivity index (χ0n) is 19.6. The van der Waals surface area contributed by atoms with E-state index in [1.165, 1.54) is 0 Å². The van der Waals surface area contributed by atoms with Crippen LogP contribution in [0.2, 0.25) is 0 Å². The van der Waals surface area contributed by atoms with Crippen LogP contribution < -0.4 is 0 Å². The number of hydrogen-bond donors (Lipinski definition) is 5. The Labute approximate surface area is 232 Å². The summed E-state index contributed by atoms with van der Waals surface area (Å²) in [4.78, 5) is -3.84. The van der Waals surface area contributed by atoms with Gasteiger partial charge in [0.2, 0.25) is 0 Å². The van der Waals surface area contributed by atoms with E-state index in [9.17, 15) is 60.9 Å². The molecule has 0 amide bonds. The van der Waals surface area contributed by atoms with Crippen LogP contribution in [0.3, 0.4) is 0 Å². The summed E-state index contributed by atoms with van der Waals surface area (Å²) < 4.78 is 157. The average Bonchev–Trinajstić information content (AvgIpc) is 2.79. The lowest BCUT2D eigenvalue weighted by Gasteiger charge is -2.10. The van der Waals surface area contributed by atoms with Crippen LogP contribution in [0, 0.1) is 0 Å². The van der Waals surface area contributed by atoms with Crippen LogP contribution in [0.1, 0.15) is 0 Å². The maximum Gasteiger partial charge on any atom is 0.397 e. The van der Waals surface area contributed by atoms with Gasteiger partial charge in [0, 0.05) is 5.39 Å². The smallest absolute Gasteiger partial charge is 0.397 e. The van der Waals surface area contributed by atoms with Crippen molar-refractivity contribution in [2.75, 3.05) is 12.4 Å². The minimum atomic E-state index is -5.25. The van der Waals surface area contributed by atoms with Gasteiger partial charge in [-0.1, -0.05) is 6.07 Å². The van der Waals surface area contributed by atoms with Crippen molar-refractivity contribution in [3.05, 3.63) is 42.5 Å². The first-order chi connectivity index (χ1) is 18.5. The molecule has 3 aromatic carbocycles. The Morgan fingerprint density at radius 2 is 1.24 bits per heavy atom. The normalized spacial score (nSPS) is 13.7. The highest BCUT2D eigenvalue weighted by molar-refractivity contribution is 7.91. The monoisotopic (exact) mass is 676 g/mol. The number of aromatic hydroxyl groups is 1. The van der Waals surface area contributed by atoms with E-state index >= 15 is 0 Å². The second-order valence-corrected chi connectivity index (χ2v) is 15.2. The fourth-order valence-electron chi connectivity index (χ4n) is 3.24. The summed E-state index contributed by atoms with van der Waals surface area (Å²) in [5.41, 5.74) is -1.53. The van der Waals surface area contributed by atoms with Crippen LogP contribution in [0.25, 0.3) is 10.8 Å². The lowest BCUT2D eigenvalue weighted by atomic mass is 10.1. The van der Waals surface area contributed by atoms with Gasteiger partial charge in [-0.3, -0.25) is 18.2 Å². The minimum absolute atomic E-state index is 0.225. The first-order valence-electron chi connectivity index (χ1n) is 10.1. The third kappa shape index (κ3) is 7.79. The van der Waals surface area contributed by atoms with E-state index in [2.05, 4.69) is 14.4 Å². The number of nitrogens with zero attached hydrogens (tertiary/aromatic N) is 2. The van der Waals surface area contributed by atoms with Crippen molar-refractivity contribution in [3.63, 3.8) is 0 Å². The summed E-state index contributed by atoms with van der Waals surface area (Å²) >= 11 is 0. The van der Waals surface area contributed by atoms with E-state index in [1.807, 2.05) is 0 Å². The Morgan fingerprint density at radius 3 is 1.78 bits per heavy atom. The van der Waals surface area contributed by atoms with Crippen molar-refractivity contribution >= 4 is 72.7 Å². The second kappa shape index (κ2) is 10.9. The molecule has 5 N–H and O–H groups in total. The van der Waals surface area contributed by atoms with Crippen LogP contribution >= 0.6 is 0 Å². The highest BCUT2D eigenvalue weighted by Gasteiger charge is 2.25. The van der Waals surface area contributed by atoms with Gasteiger partial charge >= 0.3 is 10.4 Å². The van der Waals surface area contributed by atoms with E-state index in [0.29, 0.717) is 18.2 Å². The molecule has 0 aromatic heterocycles. The molecular formula is C18H16N2O16S5. The van der Waals surface area contributed by atoms with E-state index in [4.69, 9.17) is 4.55 Å². The molecular weight excluding hydrogens is 661 g/mol. The van der Waals surface area contributed by atoms with E-state index in [0.717, 1.165) is 24.3 Å². The van der Waals surface area contributed by atoms with Crippen molar-refractivity contribution in [2.24, 2.45) is 10.2 Å². The van der Waals surface area contributed by atoms with Gasteiger partial charge in [-0.05, 0) is 41.8 Å². The van der Waals surface area contributed by atoms with Gasteiger partial charge in [-0.2, -0.15) is 33.7 Å². The molecule has 23 heteroatoms. The summed E-state index contributed by atoms with van der Waals surface area (Å²) in [6.45, 7) is -1.06. The molecule has 0 aliphatic rings. The molecule has 0 radical (unpaired) electrons. The largest absolute Gasteiger partial charge is 0.504 e. The Hall–Kier alpha value is -3.13. The number of benzene rings is 3. The topological polar surface area (TPSA) is 306 Å². The molecule has 0 atom stereocenters. The molecule has 0 fully saturated rings. The van der Waals surface area contributed by atoms with Gasteiger partial charge in [0.05, 0.1) is 22.2 Å². The van der Waals surface area contributed by atoms with E-state index < -0.39 is 99.7 Å². The standard InChI is InChI=1S/C18H16N2O16S5/c21-18-16(40(30,31)32)8-10-7-12(38(24,25)26)1-3-13(10)17(18)20-19-14-4-2-11(9-15(14)39(27,28)29)37(22,23)6-5-36-41(33,34)35/h1-4,7-9,21H,5-6H2,(H,24,25,26)(H,27,28,29)(H,30,31,32)(H,33,34,35). The molecule has 18 nitrogen and oxygen atoms in total. The fourth-order valence-corrected chi connectivity index (χ4v) is 6.60. The van der Waals surface area contributed by atoms with Gasteiger partial charge in [0.1, 0.15) is 21.2 Å². The lowest BCUT2D eigenvalue weighted by molar-refractivity contribution is 0.284. The molecule has 0 aliphatic heterocycles. The molecule has 3 aromatic rings. The highest BCUT2D eigenvalue weighted by Crippen LogP contribution is 2.42. The van der Waals surface area contributed by atoms with Gasteiger partial charge in [-0.25, -0.2) is 12.6 Å². The van der Waals surface area contributed by atoms with Crippen LogP contribution in [0.5, 0.6) is 5.75 Å². The molecule has 224 valence electrons. The molecule has 3 rings (SSSR count). The number of fused-ring (bicyclic) bond motifs is 1. The van der Waals surface area contributed by atoms with Crippen molar-refractivity contribution in [1.29, 1.82) is 0 Å². The SMILES string of the molecule is O=S(=O)(O)OCCS(=O)(=O)c1ccc(N=Nc2c(O)c(S(=O)(=O)O)cc3cc(S(=O)(=O)O)ccc23)c(S(=O)(=O)O)c1. The molecule has 41 heavy (non-hydrogen) atoms. The first kappa shape index (κ1) is 32.4. The van der Waals surface area contributed by atoms with Crippen LogP contribution in [0.4, 0.5) is 11.4 Å². The summed E-state index contributed by atoms with van der Waals surface area (Å²) in [5, 5.41) is 17.0. The molecule has 0 aliphatic carbocycles. The minimum Gasteiger partial charge on any atom is -0.504 e. The molecule has 0 spiro atoms. The zero-order valence-corrected chi connectivity index (χ0v) is 23.7. The van der Waals surface area contributed by atoms with Crippen molar-refractivity contribution in [1.82, 2.24) is 0 Å². The molecule has 0 unspecified atom stereocenters. The van der Waals surface area contributed by atoms with Crippen molar-refractivity contribution in [2.45, 2.75) is 19.6 Å². The first-order valence-corrected chi connectivity index (χ1v) is 17.5.